The van der Waals surface area contributed by atoms with Crippen LogP contribution in [0.15, 0.2) is 42.5 Å². The van der Waals surface area contributed by atoms with Crippen LogP contribution < -0.4 is 0 Å². The number of rotatable bonds is 3. The third kappa shape index (κ3) is 2.74. The molecule has 1 nitrogen and oxygen atoms in total. The predicted molar refractivity (Wildman–Crippen MR) is 76.5 cm³/mol. The Labute approximate surface area is 116 Å². The molecule has 0 aliphatic rings. The summed E-state index contributed by atoms with van der Waals surface area (Å²) in [5, 5.41) is 1.29. The minimum absolute atomic E-state index is 0.138. The van der Waals surface area contributed by atoms with E-state index in [1.54, 1.807) is 12.1 Å². The summed E-state index contributed by atoms with van der Waals surface area (Å²) < 4.78 is 0. The van der Waals surface area contributed by atoms with Crippen molar-refractivity contribution in [2.24, 2.45) is 0 Å². The van der Waals surface area contributed by atoms with Gasteiger partial charge >= 0.3 is 0 Å². The molecule has 0 aliphatic carbocycles. The molecule has 0 radical (unpaired) electrons. The van der Waals surface area contributed by atoms with Crippen molar-refractivity contribution in [1.82, 2.24) is 0 Å². The van der Waals surface area contributed by atoms with E-state index in [4.69, 9.17) is 23.2 Å². The average molecular weight is 279 g/mol. The zero-order valence-corrected chi connectivity index (χ0v) is 11.4. The van der Waals surface area contributed by atoms with E-state index in [-0.39, 0.29) is 5.78 Å². The first-order valence-electron chi connectivity index (χ1n) is 5.70. The molecule has 3 heteroatoms. The molecule has 2 rings (SSSR count). The lowest BCUT2D eigenvalue weighted by Crippen LogP contribution is -1.95. The fourth-order valence-corrected chi connectivity index (χ4v) is 2.16. The van der Waals surface area contributed by atoms with Gasteiger partial charge in [0.25, 0.3) is 0 Å². The monoisotopic (exact) mass is 278 g/mol. The van der Waals surface area contributed by atoms with Crippen molar-refractivity contribution in [3.05, 3.63) is 58.1 Å². The number of benzene rings is 2. The number of carbonyl (C=O) groups is 1. The molecule has 0 aliphatic heterocycles. The molecule has 0 fully saturated rings. The lowest BCUT2D eigenvalue weighted by Gasteiger charge is -2.06. The molecule has 0 N–H and O–H groups in total. The van der Waals surface area contributed by atoms with E-state index in [0.29, 0.717) is 16.5 Å². The van der Waals surface area contributed by atoms with Gasteiger partial charge in [0.1, 0.15) is 0 Å². The van der Waals surface area contributed by atoms with Crippen molar-refractivity contribution in [1.29, 1.82) is 0 Å². The molecule has 0 heterocycles. The average Bonchev–Trinajstić information content (AvgIpc) is 2.41. The Morgan fingerprint density at radius 3 is 2.33 bits per heavy atom. The Kier molecular flexibility index (Phi) is 4.05. The predicted octanol–water partition coefficient (Wildman–Crippen LogP) is 5.25. The molecular weight excluding hydrogens is 267 g/mol. The van der Waals surface area contributed by atoms with E-state index in [0.717, 1.165) is 16.7 Å². The fourth-order valence-electron chi connectivity index (χ4n) is 1.76. The van der Waals surface area contributed by atoms with Gasteiger partial charge in [-0.05, 0) is 23.8 Å². The van der Waals surface area contributed by atoms with Gasteiger partial charge in [-0.3, -0.25) is 4.79 Å². The third-order valence-electron chi connectivity index (χ3n) is 2.77. The molecule has 0 saturated carbocycles. The molecule has 2 aromatic carbocycles. The van der Waals surface area contributed by atoms with Crippen LogP contribution in [0.25, 0.3) is 11.1 Å². The van der Waals surface area contributed by atoms with Gasteiger partial charge in [-0.15, -0.1) is 0 Å². The van der Waals surface area contributed by atoms with Crippen LogP contribution in [0.3, 0.4) is 0 Å². The summed E-state index contributed by atoms with van der Waals surface area (Å²) in [4.78, 5) is 11.5. The highest BCUT2D eigenvalue weighted by atomic mass is 35.5. The Balaban J connectivity index is 2.40. The van der Waals surface area contributed by atoms with Crippen molar-refractivity contribution in [2.75, 3.05) is 0 Å². The van der Waals surface area contributed by atoms with Crippen molar-refractivity contribution >= 4 is 29.0 Å². The van der Waals surface area contributed by atoms with Crippen LogP contribution >= 0.6 is 23.2 Å². The van der Waals surface area contributed by atoms with Crippen LogP contribution in [0, 0.1) is 0 Å². The molecule has 0 bridgehead atoms. The zero-order chi connectivity index (χ0) is 13.1. The van der Waals surface area contributed by atoms with Crippen molar-refractivity contribution < 1.29 is 4.79 Å². The van der Waals surface area contributed by atoms with Crippen LogP contribution in [0.5, 0.6) is 0 Å². The van der Waals surface area contributed by atoms with E-state index in [2.05, 4.69) is 0 Å². The molecule has 0 amide bonds. The lowest BCUT2D eigenvalue weighted by atomic mass is 10.0. The summed E-state index contributed by atoms with van der Waals surface area (Å²) in [6, 6.07) is 12.8. The summed E-state index contributed by atoms with van der Waals surface area (Å²) in [7, 11) is 0. The number of hydrogen-bond donors (Lipinski definition) is 0. The summed E-state index contributed by atoms with van der Waals surface area (Å²) in [5.41, 5.74) is 2.55. The van der Waals surface area contributed by atoms with Crippen molar-refractivity contribution in [3.8, 4) is 11.1 Å². The van der Waals surface area contributed by atoms with Gasteiger partial charge in [0, 0.05) is 27.6 Å². The molecule has 0 saturated heterocycles. The van der Waals surface area contributed by atoms with Crippen LogP contribution in [0.2, 0.25) is 10.0 Å². The second-order valence-electron chi connectivity index (χ2n) is 3.98. The number of ketones is 1. The maximum Gasteiger partial charge on any atom is 0.162 e. The zero-order valence-electron chi connectivity index (χ0n) is 9.91. The maximum atomic E-state index is 11.5. The van der Waals surface area contributed by atoms with E-state index >= 15 is 0 Å². The normalized spacial score (nSPS) is 10.4. The first kappa shape index (κ1) is 13.1. The fraction of sp³-hybridized carbons (Fsp3) is 0.133. The second-order valence-corrected chi connectivity index (χ2v) is 4.82. The molecule has 0 atom stereocenters. The lowest BCUT2D eigenvalue weighted by molar-refractivity contribution is 0.0988. The largest absolute Gasteiger partial charge is 0.294 e. The Morgan fingerprint density at radius 2 is 1.72 bits per heavy atom. The molecule has 18 heavy (non-hydrogen) atoms. The van der Waals surface area contributed by atoms with Gasteiger partial charge in [0.15, 0.2) is 5.78 Å². The molecule has 0 aromatic heterocycles. The Hall–Kier alpha value is -1.31. The van der Waals surface area contributed by atoms with Crippen molar-refractivity contribution in [2.45, 2.75) is 13.3 Å². The minimum Gasteiger partial charge on any atom is -0.294 e. The van der Waals surface area contributed by atoms with Crippen molar-refractivity contribution in [3.63, 3.8) is 0 Å². The number of carbonyl (C=O) groups excluding carboxylic acids is 1. The minimum atomic E-state index is 0.138. The molecule has 2 aromatic rings. The number of halogens is 2. The van der Waals surface area contributed by atoms with Gasteiger partial charge in [-0.25, -0.2) is 0 Å². The highest BCUT2D eigenvalue weighted by Gasteiger charge is 2.06. The summed E-state index contributed by atoms with van der Waals surface area (Å²) in [6.07, 6.45) is 0.511. The van der Waals surface area contributed by atoms with E-state index in [1.165, 1.54) is 0 Å². The van der Waals surface area contributed by atoms with Gasteiger partial charge in [-0.2, -0.15) is 0 Å². The van der Waals surface area contributed by atoms with Gasteiger partial charge < -0.3 is 0 Å². The van der Waals surface area contributed by atoms with E-state index in [1.807, 2.05) is 37.3 Å². The number of Topliss-reactive ketones (excluding diaryl/α,β-unsaturated/α-hetero) is 1. The topological polar surface area (TPSA) is 17.1 Å². The third-order valence-corrected chi connectivity index (χ3v) is 3.33. The van der Waals surface area contributed by atoms with E-state index < -0.39 is 0 Å². The smallest absolute Gasteiger partial charge is 0.162 e. The van der Waals surface area contributed by atoms with Crippen LogP contribution in [-0.2, 0) is 0 Å². The van der Waals surface area contributed by atoms with Crippen LogP contribution in [0.1, 0.15) is 23.7 Å². The first-order chi connectivity index (χ1) is 8.61. The highest BCUT2D eigenvalue weighted by Crippen LogP contribution is 2.30. The summed E-state index contributed by atoms with van der Waals surface area (Å²) in [5.74, 6) is 0.138. The first-order valence-corrected chi connectivity index (χ1v) is 6.46. The van der Waals surface area contributed by atoms with Crippen LogP contribution in [0.4, 0.5) is 0 Å². The van der Waals surface area contributed by atoms with E-state index in [9.17, 15) is 4.79 Å². The molecule has 0 unspecified atom stereocenters. The molecule has 92 valence electrons. The maximum absolute atomic E-state index is 11.5. The standard InChI is InChI=1S/C15H12Cl2O/c1-2-15(18)11-5-3-10(4-6-11)13-9-12(16)7-8-14(13)17/h3-9H,2H2,1H3. The summed E-state index contributed by atoms with van der Waals surface area (Å²) in [6.45, 7) is 1.85. The Morgan fingerprint density at radius 1 is 1.06 bits per heavy atom. The molecular formula is C15H12Cl2O. The van der Waals surface area contributed by atoms with Gasteiger partial charge in [0.2, 0.25) is 0 Å². The van der Waals surface area contributed by atoms with Gasteiger partial charge in [-0.1, -0.05) is 54.4 Å². The summed E-state index contributed by atoms with van der Waals surface area (Å²) >= 11 is 12.1. The quantitative estimate of drug-likeness (QED) is 0.701. The number of hydrogen-bond acceptors (Lipinski definition) is 1. The SMILES string of the molecule is CCC(=O)c1ccc(-c2cc(Cl)ccc2Cl)cc1. The Bertz CT molecular complexity index is 574. The highest BCUT2D eigenvalue weighted by molar-refractivity contribution is 6.35. The van der Waals surface area contributed by atoms with Gasteiger partial charge in [0.05, 0.1) is 0 Å². The second kappa shape index (κ2) is 5.55. The van der Waals surface area contributed by atoms with Crippen LogP contribution in [-0.4, -0.2) is 5.78 Å². The molecule has 0 spiro atoms.